The van der Waals surface area contributed by atoms with Gasteiger partial charge in [0.2, 0.25) is 11.8 Å². The van der Waals surface area contributed by atoms with Crippen LogP contribution >= 0.6 is 0 Å². The number of anilines is 2. The minimum absolute atomic E-state index is 0.0908. The maximum Gasteiger partial charge on any atom is 0.247 e. The van der Waals surface area contributed by atoms with Gasteiger partial charge in [-0.1, -0.05) is 43.3 Å². The highest BCUT2D eigenvalue weighted by Crippen LogP contribution is 2.22. The highest BCUT2D eigenvalue weighted by molar-refractivity contribution is 5.97. The summed E-state index contributed by atoms with van der Waals surface area (Å²) in [6.07, 6.45) is 0. The molecule has 1 atom stereocenters. The zero-order valence-corrected chi connectivity index (χ0v) is 22.7. The summed E-state index contributed by atoms with van der Waals surface area (Å²) < 4.78 is 20.6. The Kier molecular flexibility index (Phi) is 8.35. The van der Waals surface area contributed by atoms with Gasteiger partial charge in [0.15, 0.2) is 0 Å². The Morgan fingerprint density at radius 2 is 1.70 bits per heavy atom. The molecule has 0 bridgehead atoms. The van der Waals surface area contributed by atoms with Gasteiger partial charge in [-0.3, -0.25) is 9.59 Å². The van der Waals surface area contributed by atoms with Gasteiger partial charge in [-0.15, -0.1) is 5.10 Å². The molecule has 4 aromatic rings. The number of nitrogens with one attached hydrogen (secondary N) is 1. The van der Waals surface area contributed by atoms with Gasteiger partial charge in [0.25, 0.3) is 0 Å². The number of aromatic nitrogens is 3. The molecule has 40 heavy (non-hydrogen) atoms. The number of benzene rings is 3. The lowest BCUT2D eigenvalue weighted by Gasteiger charge is -2.34. The van der Waals surface area contributed by atoms with Crippen molar-refractivity contribution in [2.24, 2.45) is 5.92 Å². The Bertz CT molecular complexity index is 1450. The Hall–Kier alpha value is -4.31. The standard InChI is InChI=1S/C30H33FN6O3/c1-21(2)29(30(39)32-24-11-13-25(14-12-24)35-15-17-40-18-16-35)36(19-22-7-9-23(31)10-8-22)28(38)20-37-27-6-4-3-5-26(27)33-34-37/h3-14,21,29H,15-20H2,1-2H3,(H,32,39). The van der Waals surface area contributed by atoms with Crippen LogP contribution in [0.2, 0.25) is 0 Å². The molecule has 1 aliphatic rings. The van der Waals surface area contributed by atoms with Crippen molar-refractivity contribution in [3.63, 3.8) is 0 Å². The molecule has 208 valence electrons. The summed E-state index contributed by atoms with van der Waals surface area (Å²) in [6.45, 7) is 6.88. The molecule has 1 aromatic heterocycles. The van der Waals surface area contributed by atoms with E-state index >= 15 is 0 Å². The molecule has 0 radical (unpaired) electrons. The van der Waals surface area contributed by atoms with Gasteiger partial charge in [0.05, 0.1) is 18.7 Å². The van der Waals surface area contributed by atoms with Crippen LogP contribution in [0.3, 0.4) is 0 Å². The van der Waals surface area contributed by atoms with Crippen LogP contribution in [0.4, 0.5) is 15.8 Å². The molecule has 1 aliphatic heterocycles. The molecule has 9 nitrogen and oxygen atoms in total. The molecule has 1 fully saturated rings. The second-order valence-corrected chi connectivity index (χ2v) is 10.2. The largest absolute Gasteiger partial charge is 0.378 e. The molecule has 0 spiro atoms. The summed E-state index contributed by atoms with van der Waals surface area (Å²) in [4.78, 5) is 31.3. The molecular weight excluding hydrogens is 511 g/mol. The third kappa shape index (κ3) is 6.28. The second kappa shape index (κ2) is 12.3. The van der Waals surface area contributed by atoms with Crippen molar-refractivity contribution in [1.82, 2.24) is 19.9 Å². The van der Waals surface area contributed by atoms with Crippen molar-refractivity contribution in [2.75, 3.05) is 36.5 Å². The fourth-order valence-corrected chi connectivity index (χ4v) is 4.98. The minimum atomic E-state index is -0.786. The summed E-state index contributed by atoms with van der Waals surface area (Å²) in [5.41, 5.74) is 3.83. The lowest BCUT2D eigenvalue weighted by Crippen LogP contribution is -2.50. The van der Waals surface area contributed by atoms with Crippen molar-refractivity contribution in [3.8, 4) is 0 Å². The fourth-order valence-electron chi connectivity index (χ4n) is 4.98. The van der Waals surface area contributed by atoms with Crippen molar-refractivity contribution < 1.29 is 18.7 Å². The number of hydrogen-bond donors (Lipinski definition) is 1. The normalized spacial score (nSPS) is 14.3. The number of amides is 2. The number of nitrogens with zero attached hydrogens (tertiary/aromatic N) is 5. The van der Waals surface area contributed by atoms with E-state index in [-0.39, 0.29) is 36.6 Å². The Morgan fingerprint density at radius 3 is 2.40 bits per heavy atom. The van der Waals surface area contributed by atoms with E-state index in [1.165, 1.54) is 16.8 Å². The zero-order chi connectivity index (χ0) is 28.1. The first kappa shape index (κ1) is 27.3. The van der Waals surface area contributed by atoms with Gasteiger partial charge < -0.3 is 19.9 Å². The van der Waals surface area contributed by atoms with E-state index in [1.54, 1.807) is 17.0 Å². The van der Waals surface area contributed by atoms with E-state index in [1.807, 2.05) is 62.4 Å². The smallest absolute Gasteiger partial charge is 0.247 e. The number of halogens is 1. The molecule has 3 aromatic carbocycles. The fraction of sp³-hybridized carbons (Fsp3) is 0.333. The van der Waals surface area contributed by atoms with E-state index in [4.69, 9.17) is 4.74 Å². The monoisotopic (exact) mass is 544 g/mol. The van der Waals surface area contributed by atoms with Crippen molar-refractivity contribution in [3.05, 3.63) is 84.2 Å². The Morgan fingerprint density at radius 1 is 1.00 bits per heavy atom. The van der Waals surface area contributed by atoms with E-state index in [2.05, 4.69) is 20.5 Å². The van der Waals surface area contributed by atoms with Crippen LogP contribution < -0.4 is 10.2 Å². The number of para-hydroxylation sites is 1. The SMILES string of the molecule is CC(C)C(C(=O)Nc1ccc(N2CCOCC2)cc1)N(Cc1ccc(F)cc1)C(=O)Cn1nnc2ccccc21. The van der Waals surface area contributed by atoms with Gasteiger partial charge in [0, 0.05) is 31.0 Å². The second-order valence-electron chi connectivity index (χ2n) is 10.2. The first-order chi connectivity index (χ1) is 19.4. The van der Waals surface area contributed by atoms with Crippen molar-refractivity contribution in [1.29, 1.82) is 0 Å². The van der Waals surface area contributed by atoms with E-state index in [0.29, 0.717) is 30.0 Å². The number of rotatable bonds is 9. The molecule has 0 aliphatic carbocycles. The molecule has 2 heterocycles. The molecule has 5 rings (SSSR count). The number of carbonyl (C=O) groups excluding carboxylic acids is 2. The maximum absolute atomic E-state index is 13.8. The third-order valence-electron chi connectivity index (χ3n) is 7.04. The summed E-state index contributed by atoms with van der Waals surface area (Å²) in [6, 6.07) is 20.2. The number of hydrogen-bond acceptors (Lipinski definition) is 6. The lowest BCUT2D eigenvalue weighted by molar-refractivity contribution is -0.141. The first-order valence-corrected chi connectivity index (χ1v) is 13.4. The van der Waals surface area contributed by atoms with Crippen LogP contribution in [-0.4, -0.2) is 64.1 Å². The van der Waals surface area contributed by atoms with Gasteiger partial charge in [-0.2, -0.15) is 0 Å². The molecule has 2 amide bonds. The van der Waals surface area contributed by atoms with Crippen LogP contribution in [0.15, 0.2) is 72.8 Å². The molecule has 10 heteroatoms. The maximum atomic E-state index is 13.8. The molecular formula is C30H33FN6O3. The van der Waals surface area contributed by atoms with Crippen LogP contribution in [0, 0.1) is 11.7 Å². The predicted molar refractivity (Wildman–Crippen MR) is 151 cm³/mol. The van der Waals surface area contributed by atoms with Crippen molar-refractivity contribution in [2.45, 2.75) is 33.0 Å². The lowest BCUT2D eigenvalue weighted by atomic mass is 10.00. The van der Waals surface area contributed by atoms with Crippen LogP contribution in [0.5, 0.6) is 0 Å². The van der Waals surface area contributed by atoms with E-state index < -0.39 is 6.04 Å². The Balaban J connectivity index is 1.38. The minimum Gasteiger partial charge on any atom is -0.378 e. The third-order valence-corrected chi connectivity index (χ3v) is 7.04. The number of carbonyl (C=O) groups is 2. The topological polar surface area (TPSA) is 92.6 Å². The average molecular weight is 545 g/mol. The van der Waals surface area contributed by atoms with Crippen LogP contribution in [0.25, 0.3) is 11.0 Å². The average Bonchev–Trinajstić information content (AvgIpc) is 3.37. The van der Waals surface area contributed by atoms with Crippen molar-refractivity contribution >= 4 is 34.2 Å². The molecule has 1 unspecified atom stereocenters. The Labute approximate surface area is 232 Å². The van der Waals surface area contributed by atoms with E-state index in [0.717, 1.165) is 24.3 Å². The van der Waals surface area contributed by atoms with Gasteiger partial charge in [-0.05, 0) is 60.0 Å². The predicted octanol–water partition coefficient (Wildman–Crippen LogP) is 4.10. The van der Waals surface area contributed by atoms with Crippen LogP contribution in [0.1, 0.15) is 19.4 Å². The van der Waals surface area contributed by atoms with Gasteiger partial charge in [0.1, 0.15) is 23.9 Å². The number of ether oxygens (including phenoxy) is 1. The summed E-state index contributed by atoms with van der Waals surface area (Å²) >= 11 is 0. The summed E-state index contributed by atoms with van der Waals surface area (Å²) in [5, 5.41) is 11.3. The highest BCUT2D eigenvalue weighted by atomic mass is 19.1. The van der Waals surface area contributed by atoms with Crippen LogP contribution in [-0.2, 0) is 27.4 Å². The molecule has 1 saturated heterocycles. The molecule has 1 N–H and O–H groups in total. The zero-order valence-electron chi connectivity index (χ0n) is 22.7. The number of morpholine rings is 1. The highest BCUT2D eigenvalue weighted by Gasteiger charge is 2.33. The number of fused-ring (bicyclic) bond motifs is 1. The summed E-state index contributed by atoms with van der Waals surface area (Å²) in [5.74, 6) is -1.16. The van der Waals surface area contributed by atoms with Gasteiger partial charge >= 0.3 is 0 Å². The quantitative estimate of drug-likeness (QED) is 0.341. The molecule has 0 saturated carbocycles. The van der Waals surface area contributed by atoms with E-state index in [9.17, 15) is 14.0 Å². The summed E-state index contributed by atoms with van der Waals surface area (Å²) in [7, 11) is 0. The van der Waals surface area contributed by atoms with Gasteiger partial charge in [-0.25, -0.2) is 9.07 Å². The first-order valence-electron chi connectivity index (χ1n) is 13.4.